The molecular formula is C15H12BrFO2. The molecule has 0 aliphatic rings. The lowest BCUT2D eigenvalue weighted by molar-refractivity contribution is 0.102. The highest BCUT2D eigenvalue weighted by atomic mass is 79.9. The number of alkyl halides is 1. The lowest BCUT2D eigenvalue weighted by atomic mass is 10.0. The van der Waals surface area contributed by atoms with E-state index in [0.29, 0.717) is 12.0 Å². The standard InChI is InChI=1S/C15H12BrFO2/c16-9-15(19)13-8-11(3-6-14(13)18)7-10-1-4-12(17)5-2-10/h1-6,8,18H,7,9H2. The number of Topliss-reactive ketones (excluding diaryl/α,β-unsaturated/α-hetero) is 1. The van der Waals surface area contributed by atoms with Gasteiger partial charge in [-0.15, -0.1) is 0 Å². The van der Waals surface area contributed by atoms with Crippen LogP contribution in [-0.2, 0) is 6.42 Å². The maximum absolute atomic E-state index is 12.8. The van der Waals surface area contributed by atoms with Gasteiger partial charge in [0, 0.05) is 0 Å². The van der Waals surface area contributed by atoms with Crippen molar-refractivity contribution in [3.63, 3.8) is 0 Å². The molecule has 0 aliphatic heterocycles. The first-order valence-electron chi connectivity index (χ1n) is 5.75. The molecule has 0 spiro atoms. The quantitative estimate of drug-likeness (QED) is 0.688. The van der Waals surface area contributed by atoms with Gasteiger partial charge in [0.25, 0.3) is 0 Å². The molecule has 2 nitrogen and oxygen atoms in total. The monoisotopic (exact) mass is 322 g/mol. The number of rotatable bonds is 4. The van der Waals surface area contributed by atoms with Crippen molar-refractivity contribution in [2.24, 2.45) is 0 Å². The zero-order chi connectivity index (χ0) is 13.8. The molecule has 98 valence electrons. The molecule has 2 aromatic rings. The molecular weight excluding hydrogens is 311 g/mol. The number of hydrogen-bond donors (Lipinski definition) is 1. The highest BCUT2D eigenvalue weighted by Gasteiger charge is 2.10. The summed E-state index contributed by atoms with van der Waals surface area (Å²) in [5, 5.41) is 9.81. The zero-order valence-corrected chi connectivity index (χ0v) is 11.7. The van der Waals surface area contributed by atoms with Crippen LogP contribution >= 0.6 is 15.9 Å². The van der Waals surface area contributed by atoms with Crippen LogP contribution < -0.4 is 0 Å². The maximum Gasteiger partial charge on any atom is 0.177 e. The normalized spacial score (nSPS) is 10.4. The van der Waals surface area contributed by atoms with Crippen molar-refractivity contribution in [3.05, 3.63) is 65.0 Å². The smallest absolute Gasteiger partial charge is 0.177 e. The fraction of sp³-hybridized carbons (Fsp3) is 0.133. The van der Waals surface area contributed by atoms with Crippen molar-refractivity contribution in [1.82, 2.24) is 0 Å². The molecule has 0 bridgehead atoms. The fourth-order valence-corrected chi connectivity index (χ4v) is 2.13. The van der Waals surface area contributed by atoms with Crippen LogP contribution in [0.25, 0.3) is 0 Å². The van der Waals surface area contributed by atoms with Crippen molar-refractivity contribution in [2.45, 2.75) is 6.42 Å². The number of ketones is 1. The van der Waals surface area contributed by atoms with Crippen molar-refractivity contribution < 1.29 is 14.3 Å². The largest absolute Gasteiger partial charge is 0.507 e. The van der Waals surface area contributed by atoms with Gasteiger partial charge in [0.05, 0.1) is 10.9 Å². The summed E-state index contributed by atoms with van der Waals surface area (Å²) in [6, 6.07) is 11.1. The van der Waals surface area contributed by atoms with Gasteiger partial charge in [-0.25, -0.2) is 4.39 Å². The lowest BCUT2D eigenvalue weighted by Crippen LogP contribution is -2.01. The molecule has 0 radical (unpaired) electrons. The third-order valence-corrected chi connectivity index (χ3v) is 3.31. The molecule has 0 fully saturated rings. The molecule has 0 saturated heterocycles. The number of carbonyl (C=O) groups is 1. The van der Waals surface area contributed by atoms with Gasteiger partial charge in [0.1, 0.15) is 11.6 Å². The van der Waals surface area contributed by atoms with E-state index in [-0.39, 0.29) is 22.7 Å². The van der Waals surface area contributed by atoms with Crippen LogP contribution in [0, 0.1) is 5.82 Å². The molecule has 0 aromatic heterocycles. The van der Waals surface area contributed by atoms with E-state index in [1.807, 2.05) is 0 Å². The molecule has 0 aliphatic carbocycles. The van der Waals surface area contributed by atoms with Gasteiger partial charge >= 0.3 is 0 Å². The van der Waals surface area contributed by atoms with E-state index >= 15 is 0 Å². The Bertz CT molecular complexity index is 594. The molecule has 4 heteroatoms. The first-order chi connectivity index (χ1) is 9.10. The number of carbonyl (C=O) groups excluding carboxylic acids is 1. The summed E-state index contributed by atoms with van der Waals surface area (Å²) < 4.78 is 12.8. The predicted octanol–water partition coefficient (Wildman–Crippen LogP) is 3.70. The van der Waals surface area contributed by atoms with Crippen LogP contribution in [0.4, 0.5) is 4.39 Å². The first kappa shape index (κ1) is 13.7. The van der Waals surface area contributed by atoms with E-state index in [0.717, 1.165) is 11.1 Å². The molecule has 0 atom stereocenters. The van der Waals surface area contributed by atoms with Gasteiger partial charge in [-0.05, 0) is 41.8 Å². The molecule has 0 amide bonds. The zero-order valence-electron chi connectivity index (χ0n) is 10.1. The summed E-state index contributed by atoms with van der Waals surface area (Å²) in [5.41, 5.74) is 2.15. The molecule has 1 N–H and O–H groups in total. The van der Waals surface area contributed by atoms with Crippen molar-refractivity contribution in [3.8, 4) is 5.75 Å². The minimum atomic E-state index is -0.274. The minimum absolute atomic E-state index is 0.0210. The first-order valence-corrected chi connectivity index (χ1v) is 6.88. The number of hydrogen-bond acceptors (Lipinski definition) is 2. The second kappa shape index (κ2) is 5.97. The van der Waals surface area contributed by atoms with Crippen LogP contribution in [-0.4, -0.2) is 16.2 Å². The third kappa shape index (κ3) is 3.41. The molecule has 2 aromatic carbocycles. The number of phenols is 1. The maximum atomic E-state index is 12.8. The second-order valence-corrected chi connectivity index (χ2v) is 4.77. The summed E-state index contributed by atoms with van der Waals surface area (Å²) in [5.74, 6) is -0.463. The summed E-state index contributed by atoms with van der Waals surface area (Å²) in [4.78, 5) is 11.6. The minimum Gasteiger partial charge on any atom is -0.507 e. The number of aromatic hydroxyl groups is 1. The van der Waals surface area contributed by atoms with Gasteiger partial charge in [-0.1, -0.05) is 34.1 Å². The predicted molar refractivity (Wildman–Crippen MR) is 75.4 cm³/mol. The summed E-state index contributed by atoms with van der Waals surface area (Å²) >= 11 is 3.08. The number of phenolic OH excluding ortho intramolecular Hbond substituents is 1. The van der Waals surface area contributed by atoms with Gasteiger partial charge in [0.2, 0.25) is 0 Å². The van der Waals surface area contributed by atoms with Gasteiger partial charge in [-0.2, -0.15) is 0 Å². The van der Waals surface area contributed by atoms with Crippen LogP contribution in [0.2, 0.25) is 0 Å². The Morgan fingerprint density at radius 1 is 1.11 bits per heavy atom. The van der Waals surface area contributed by atoms with E-state index in [9.17, 15) is 14.3 Å². The second-order valence-electron chi connectivity index (χ2n) is 4.21. The Labute approximate surface area is 119 Å². The molecule has 0 unspecified atom stereocenters. The topological polar surface area (TPSA) is 37.3 Å². The van der Waals surface area contributed by atoms with Crippen LogP contribution in [0.15, 0.2) is 42.5 Å². The lowest BCUT2D eigenvalue weighted by Gasteiger charge is -2.06. The highest BCUT2D eigenvalue weighted by Crippen LogP contribution is 2.21. The summed E-state index contributed by atoms with van der Waals surface area (Å²) in [7, 11) is 0. The third-order valence-electron chi connectivity index (χ3n) is 2.80. The Kier molecular flexibility index (Phi) is 4.32. The SMILES string of the molecule is O=C(CBr)c1cc(Cc2ccc(F)cc2)ccc1O. The summed E-state index contributed by atoms with van der Waals surface area (Å²) in [6.07, 6.45) is 0.586. The van der Waals surface area contributed by atoms with Crippen molar-refractivity contribution in [1.29, 1.82) is 0 Å². The van der Waals surface area contributed by atoms with Crippen LogP contribution in [0.3, 0.4) is 0 Å². The Balaban J connectivity index is 2.26. The van der Waals surface area contributed by atoms with E-state index in [4.69, 9.17) is 0 Å². The molecule has 2 rings (SSSR count). The van der Waals surface area contributed by atoms with Crippen molar-refractivity contribution in [2.75, 3.05) is 5.33 Å². The summed E-state index contributed by atoms with van der Waals surface area (Å²) in [6.45, 7) is 0. The fourth-order valence-electron chi connectivity index (χ4n) is 1.83. The Morgan fingerprint density at radius 3 is 2.37 bits per heavy atom. The Morgan fingerprint density at radius 2 is 1.74 bits per heavy atom. The van der Waals surface area contributed by atoms with Crippen LogP contribution in [0.1, 0.15) is 21.5 Å². The van der Waals surface area contributed by atoms with E-state index in [2.05, 4.69) is 15.9 Å². The number of halogens is 2. The van der Waals surface area contributed by atoms with E-state index < -0.39 is 0 Å². The average Bonchev–Trinajstić information content (AvgIpc) is 2.42. The molecule has 0 saturated carbocycles. The van der Waals surface area contributed by atoms with E-state index in [1.54, 1.807) is 24.3 Å². The van der Waals surface area contributed by atoms with Gasteiger partial charge in [0.15, 0.2) is 5.78 Å². The number of benzene rings is 2. The van der Waals surface area contributed by atoms with Gasteiger partial charge < -0.3 is 5.11 Å². The highest BCUT2D eigenvalue weighted by molar-refractivity contribution is 9.09. The van der Waals surface area contributed by atoms with E-state index in [1.165, 1.54) is 18.2 Å². The van der Waals surface area contributed by atoms with Crippen molar-refractivity contribution >= 4 is 21.7 Å². The van der Waals surface area contributed by atoms with Crippen LogP contribution in [0.5, 0.6) is 5.75 Å². The molecule has 19 heavy (non-hydrogen) atoms. The Hall–Kier alpha value is -1.68. The average molecular weight is 323 g/mol. The van der Waals surface area contributed by atoms with Gasteiger partial charge in [-0.3, -0.25) is 4.79 Å². The molecule has 0 heterocycles.